The molecule has 2 atom stereocenters. The summed E-state index contributed by atoms with van der Waals surface area (Å²) >= 11 is 5.90. The van der Waals surface area contributed by atoms with Crippen molar-refractivity contribution in [1.29, 1.82) is 0 Å². The van der Waals surface area contributed by atoms with E-state index in [1.807, 2.05) is 38.1 Å². The van der Waals surface area contributed by atoms with Gasteiger partial charge in [0, 0.05) is 5.02 Å². The van der Waals surface area contributed by atoms with Gasteiger partial charge in [-0.3, -0.25) is 4.79 Å². The minimum absolute atomic E-state index is 0.0617. The average molecular weight is 294 g/mol. The Morgan fingerprint density at radius 1 is 1.20 bits per heavy atom. The molecule has 1 amide bonds. The molecule has 2 aliphatic rings. The first-order valence-electron chi connectivity index (χ1n) is 6.71. The number of carbonyl (C=O) groups is 2. The molecule has 106 valence electrons. The summed E-state index contributed by atoms with van der Waals surface area (Å²) in [6.45, 7) is 3.72. The van der Waals surface area contributed by atoms with Crippen molar-refractivity contribution in [2.75, 3.05) is 0 Å². The lowest BCUT2D eigenvalue weighted by Gasteiger charge is -2.43. The van der Waals surface area contributed by atoms with E-state index in [1.54, 1.807) is 4.90 Å². The summed E-state index contributed by atoms with van der Waals surface area (Å²) in [7, 11) is 0. The van der Waals surface area contributed by atoms with Crippen molar-refractivity contribution in [3.05, 3.63) is 34.9 Å². The first kappa shape index (κ1) is 13.4. The number of rotatable bonds is 1. The van der Waals surface area contributed by atoms with E-state index in [9.17, 15) is 9.59 Å². The highest BCUT2D eigenvalue weighted by molar-refractivity contribution is 6.33. The van der Waals surface area contributed by atoms with E-state index in [4.69, 9.17) is 16.3 Å². The lowest BCUT2D eigenvalue weighted by Crippen LogP contribution is -2.59. The number of halogens is 1. The fourth-order valence-electron chi connectivity index (χ4n) is 3.24. The van der Waals surface area contributed by atoms with Gasteiger partial charge in [-0.1, -0.05) is 23.7 Å². The molecule has 5 heteroatoms. The second kappa shape index (κ2) is 4.48. The standard InChI is InChI=1S/C15H16ClNO3/c1-15(2)12-8-7-11(9-3-5-10(16)6-4-9)17(12)13(18)14(19)20-15/h3-6,11-12H,7-8H2,1-2H3. The topological polar surface area (TPSA) is 46.6 Å². The summed E-state index contributed by atoms with van der Waals surface area (Å²) in [5, 5.41) is 0.660. The molecule has 1 aromatic carbocycles. The van der Waals surface area contributed by atoms with E-state index in [2.05, 4.69) is 0 Å². The molecule has 1 aromatic rings. The minimum Gasteiger partial charge on any atom is -0.450 e. The van der Waals surface area contributed by atoms with Gasteiger partial charge < -0.3 is 9.64 Å². The molecule has 2 aliphatic heterocycles. The molecule has 0 saturated carbocycles. The molecule has 2 heterocycles. The zero-order valence-electron chi connectivity index (χ0n) is 11.4. The van der Waals surface area contributed by atoms with Crippen LogP contribution in [0.4, 0.5) is 0 Å². The van der Waals surface area contributed by atoms with Gasteiger partial charge in [0.15, 0.2) is 0 Å². The van der Waals surface area contributed by atoms with Gasteiger partial charge in [0.25, 0.3) is 0 Å². The molecular formula is C15H16ClNO3. The third kappa shape index (κ3) is 1.99. The van der Waals surface area contributed by atoms with Crippen LogP contribution in [-0.2, 0) is 14.3 Å². The van der Waals surface area contributed by atoms with Gasteiger partial charge in [0.2, 0.25) is 0 Å². The van der Waals surface area contributed by atoms with Crippen molar-refractivity contribution < 1.29 is 14.3 Å². The number of cyclic esters (lactones) is 1. The fraction of sp³-hybridized carbons (Fsp3) is 0.467. The smallest absolute Gasteiger partial charge is 0.397 e. The first-order chi connectivity index (χ1) is 9.40. The summed E-state index contributed by atoms with van der Waals surface area (Å²) in [4.78, 5) is 25.6. The van der Waals surface area contributed by atoms with Crippen molar-refractivity contribution in [1.82, 2.24) is 4.90 Å². The normalized spacial score (nSPS) is 28.2. The molecule has 0 aromatic heterocycles. The van der Waals surface area contributed by atoms with Crippen LogP contribution in [0.25, 0.3) is 0 Å². The molecular weight excluding hydrogens is 278 g/mol. The van der Waals surface area contributed by atoms with Crippen molar-refractivity contribution in [3.8, 4) is 0 Å². The van der Waals surface area contributed by atoms with E-state index < -0.39 is 17.5 Å². The first-order valence-corrected chi connectivity index (χ1v) is 7.09. The lowest BCUT2D eigenvalue weighted by molar-refractivity contribution is -0.188. The van der Waals surface area contributed by atoms with Gasteiger partial charge in [-0.25, -0.2) is 4.79 Å². The maximum atomic E-state index is 12.2. The number of fused-ring (bicyclic) bond motifs is 1. The highest BCUT2D eigenvalue weighted by atomic mass is 35.5. The molecule has 4 nitrogen and oxygen atoms in total. The van der Waals surface area contributed by atoms with Crippen LogP contribution in [0.2, 0.25) is 5.02 Å². The van der Waals surface area contributed by atoms with E-state index in [-0.39, 0.29) is 12.1 Å². The summed E-state index contributed by atoms with van der Waals surface area (Å²) in [5.41, 5.74) is 0.377. The predicted molar refractivity (Wildman–Crippen MR) is 74.2 cm³/mol. The Bertz CT molecular complexity index is 567. The summed E-state index contributed by atoms with van der Waals surface area (Å²) in [6, 6.07) is 7.31. The SMILES string of the molecule is CC1(C)OC(=O)C(=O)N2C(c3ccc(Cl)cc3)CCC21. The number of esters is 1. The summed E-state index contributed by atoms with van der Waals surface area (Å²) < 4.78 is 5.25. The van der Waals surface area contributed by atoms with Crippen LogP contribution in [0.1, 0.15) is 38.3 Å². The molecule has 0 aliphatic carbocycles. The zero-order chi connectivity index (χ0) is 14.5. The molecule has 2 fully saturated rings. The molecule has 2 saturated heterocycles. The van der Waals surface area contributed by atoms with E-state index >= 15 is 0 Å². The maximum Gasteiger partial charge on any atom is 0.397 e. The zero-order valence-corrected chi connectivity index (χ0v) is 12.2. The number of carbonyl (C=O) groups excluding carboxylic acids is 2. The second-order valence-electron chi connectivity index (χ2n) is 5.87. The van der Waals surface area contributed by atoms with Crippen LogP contribution >= 0.6 is 11.6 Å². The van der Waals surface area contributed by atoms with E-state index in [1.165, 1.54) is 0 Å². The summed E-state index contributed by atoms with van der Waals surface area (Å²) in [6.07, 6.45) is 1.66. The monoisotopic (exact) mass is 293 g/mol. The number of nitrogens with zero attached hydrogens (tertiary/aromatic N) is 1. The molecule has 0 spiro atoms. The predicted octanol–water partition coefficient (Wildman–Crippen LogP) is 2.71. The van der Waals surface area contributed by atoms with E-state index in [0.717, 1.165) is 18.4 Å². The molecule has 0 N–H and O–H groups in total. The molecule has 0 radical (unpaired) electrons. The number of ether oxygens (including phenoxy) is 1. The van der Waals surface area contributed by atoms with Gasteiger partial charge in [0.05, 0.1) is 12.1 Å². The molecule has 2 unspecified atom stereocenters. The second-order valence-corrected chi connectivity index (χ2v) is 6.30. The Kier molecular flexibility index (Phi) is 3.01. The van der Waals surface area contributed by atoms with Crippen molar-refractivity contribution in [2.45, 2.75) is 44.4 Å². The van der Waals surface area contributed by atoms with Gasteiger partial charge in [-0.05, 0) is 44.4 Å². The Hall–Kier alpha value is -1.55. The highest BCUT2D eigenvalue weighted by Gasteiger charge is 2.53. The Labute approximate surface area is 122 Å². The Morgan fingerprint density at radius 3 is 2.50 bits per heavy atom. The maximum absolute atomic E-state index is 12.2. The third-order valence-electron chi connectivity index (χ3n) is 4.21. The van der Waals surface area contributed by atoms with Gasteiger partial charge in [-0.2, -0.15) is 0 Å². The van der Waals surface area contributed by atoms with Crippen LogP contribution in [0.3, 0.4) is 0 Å². The van der Waals surface area contributed by atoms with Crippen molar-refractivity contribution >= 4 is 23.5 Å². The number of hydrogen-bond acceptors (Lipinski definition) is 3. The van der Waals surface area contributed by atoms with Crippen molar-refractivity contribution in [3.63, 3.8) is 0 Å². The third-order valence-corrected chi connectivity index (χ3v) is 4.46. The largest absolute Gasteiger partial charge is 0.450 e. The lowest BCUT2D eigenvalue weighted by atomic mass is 9.95. The van der Waals surface area contributed by atoms with Crippen molar-refractivity contribution in [2.24, 2.45) is 0 Å². The van der Waals surface area contributed by atoms with E-state index in [0.29, 0.717) is 5.02 Å². The quantitative estimate of drug-likeness (QED) is 0.591. The van der Waals surface area contributed by atoms with Gasteiger partial charge in [0.1, 0.15) is 5.60 Å². The fourth-order valence-corrected chi connectivity index (χ4v) is 3.37. The molecule has 0 bridgehead atoms. The highest BCUT2D eigenvalue weighted by Crippen LogP contribution is 2.43. The number of hydrogen-bond donors (Lipinski definition) is 0. The molecule has 3 rings (SSSR count). The Balaban J connectivity index is 1.97. The van der Waals surface area contributed by atoms with Crippen LogP contribution in [-0.4, -0.2) is 28.4 Å². The van der Waals surface area contributed by atoms with Gasteiger partial charge in [-0.15, -0.1) is 0 Å². The number of amides is 1. The Morgan fingerprint density at radius 2 is 1.85 bits per heavy atom. The van der Waals surface area contributed by atoms with Crippen LogP contribution in [0.15, 0.2) is 24.3 Å². The average Bonchev–Trinajstić information content (AvgIpc) is 2.82. The molecule has 20 heavy (non-hydrogen) atoms. The number of benzene rings is 1. The van der Waals surface area contributed by atoms with Crippen LogP contribution < -0.4 is 0 Å². The van der Waals surface area contributed by atoms with Gasteiger partial charge >= 0.3 is 11.9 Å². The summed E-state index contributed by atoms with van der Waals surface area (Å²) in [5.74, 6) is -1.29. The number of morpholine rings is 1. The van der Waals surface area contributed by atoms with Crippen LogP contribution in [0, 0.1) is 0 Å². The minimum atomic E-state index is -0.757. The van der Waals surface area contributed by atoms with Crippen LogP contribution in [0.5, 0.6) is 0 Å².